The third kappa shape index (κ3) is 4.24. The van der Waals surface area contributed by atoms with Crippen LogP contribution in [0.3, 0.4) is 0 Å². The predicted molar refractivity (Wildman–Crippen MR) is 127 cm³/mol. The molecule has 3 fully saturated rings. The summed E-state index contributed by atoms with van der Waals surface area (Å²) in [6, 6.07) is 9.16. The maximum absolute atomic E-state index is 11.5. The molecule has 3 aliphatic heterocycles. The third-order valence-electron chi connectivity index (χ3n) is 7.70. The summed E-state index contributed by atoms with van der Waals surface area (Å²) in [4.78, 5) is 16.7. The van der Waals surface area contributed by atoms with Gasteiger partial charge in [0, 0.05) is 24.8 Å². The van der Waals surface area contributed by atoms with Crippen molar-refractivity contribution in [3.8, 4) is 0 Å². The van der Waals surface area contributed by atoms with E-state index < -0.39 is 0 Å². The number of hydrogen-bond acceptors (Lipinski definition) is 4. The van der Waals surface area contributed by atoms with Crippen molar-refractivity contribution in [2.24, 2.45) is 11.8 Å². The molecule has 1 aromatic carbocycles. The Morgan fingerprint density at radius 3 is 2.84 bits per heavy atom. The van der Waals surface area contributed by atoms with Gasteiger partial charge in [-0.25, -0.2) is 0 Å². The first kappa shape index (κ1) is 21.0. The molecule has 0 saturated carbocycles. The van der Waals surface area contributed by atoms with Crippen molar-refractivity contribution >= 4 is 29.0 Å². The van der Waals surface area contributed by atoms with Gasteiger partial charge >= 0.3 is 5.97 Å². The number of carbonyl (C=O) groups excluding carboxylic acids is 1. The molecule has 4 atom stereocenters. The molecule has 0 radical (unpaired) electrons. The molecule has 166 valence electrons. The van der Waals surface area contributed by atoms with Crippen LogP contribution >= 0.6 is 12.2 Å². The van der Waals surface area contributed by atoms with Gasteiger partial charge in [0.25, 0.3) is 0 Å². The second-order valence-electron chi connectivity index (χ2n) is 9.58. The molecule has 0 spiro atoms. The topological polar surface area (TPSA) is 44.8 Å². The van der Waals surface area contributed by atoms with Gasteiger partial charge in [-0.2, -0.15) is 0 Å². The summed E-state index contributed by atoms with van der Waals surface area (Å²) in [5, 5.41) is 4.30. The number of hydrogen-bond donors (Lipinski definition) is 1. The molecule has 1 aliphatic carbocycles. The van der Waals surface area contributed by atoms with E-state index in [1.165, 1.54) is 58.7 Å². The highest BCUT2D eigenvalue weighted by Gasteiger charge is 2.46. The van der Waals surface area contributed by atoms with Crippen molar-refractivity contribution in [1.82, 2.24) is 9.80 Å². The van der Waals surface area contributed by atoms with E-state index in [-0.39, 0.29) is 5.97 Å². The smallest absolute Gasteiger partial charge is 0.309 e. The Kier molecular flexibility index (Phi) is 6.02. The van der Waals surface area contributed by atoms with E-state index in [4.69, 9.17) is 17.0 Å². The van der Waals surface area contributed by atoms with Gasteiger partial charge < -0.3 is 15.0 Å². The van der Waals surface area contributed by atoms with Gasteiger partial charge in [0.2, 0.25) is 0 Å². The Labute approximate surface area is 190 Å². The van der Waals surface area contributed by atoms with Crippen molar-refractivity contribution in [2.75, 3.05) is 32.1 Å². The summed E-state index contributed by atoms with van der Waals surface area (Å²) in [5.41, 5.74) is 3.56. The van der Waals surface area contributed by atoms with Gasteiger partial charge in [0.15, 0.2) is 5.11 Å². The van der Waals surface area contributed by atoms with E-state index in [0.29, 0.717) is 18.4 Å². The average Bonchev–Trinajstić information content (AvgIpc) is 2.80. The highest BCUT2D eigenvalue weighted by Crippen LogP contribution is 2.45. The van der Waals surface area contributed by atoms with Gasteiger partial charge in [-0.3, -0.25) is 9.69 Å². The van der Waals surface area contributed by atoms with Crippen LogP contribution in [0.4, 0.5) is 5.69 Å². The van der Waals surface area contributed by atoms with Crippen molar-refractivity contribution in [3.63, 3.8) is 0 Å². The Morgan fingerprint density at radius 1 is 1.19 bits per heavy atom. The van der Waals surface area contributed by atoms with Crippen molar-refractivity contribution in [1.29, 1.82) is 0 Å². The van der Waals surface area contributed by atoms with Crippen LogP contribution in [0.25, 0.3) is 0 Å². The lowest BCUT2D eigenvalue weighted by molar-refractivity contribution is -0.139. The molecule has 5 rings (SSSR count). The van der Waals surface area contributed by atoms with E-state index in [1.807, 2.05) is 24.3 Å². The van der Waals surface area contributed by atoms with Crippen molar-refractivity contribution in [3.05, 3.63) is 41.5 Å². The van der Waals surface area contributed by atoms with E-state index in [9.17, 15) is 4.79 Å². The Hall–Kier alpha value is -1.92. The third-order valence-corrected chi connectivity index (χ3v) is 8.04. The van der Waals surface area contributed by atoms with Gasteiger partial charge in [0.05, 0.1) is 19.6 Å². The normalized spacial score (nSPS) is 30.0. The van der Waals surface area contributed by atoms with Crippen LogP contribution in [0.2, 0.25) is 0 Å². The molecule has 0 aromatic heterocycles. The second kappa shape index (κ2) is 8.91. The molecule has 1 N–H and O–H groups in total. The maximum Gasteiger partial charge on any atom is 0.309 e. The second-order valence-corrected chi connectivity index (χ2v) is 9.97. The van der Waals surface area contributed by atoms with E-state index in [0.717, 1.165) is 34.9 Å². The molecule has 0 amide bonds. The number of nitrogens with zero attached hydrogens (tertiary/aromatic N) is 2. The SMILES string of the molecule is COC(=O)Cc1ccc(NC(=S)N2CCCC3=C[C@@H]4C[C@@H](CN5CCCC[C@H]45)[C@@H]32)cc1. The summed E-state index contributed by atoms with van der Waals surface area (Å²) in [5.74, 6) is 1.21. The van der Waals surface area contributed by atoms with E-state index in [2.05, 4.69) is 21.2 Å². The number of anilines is 1. The number of piperidine rings is 3. The summed E-state index contributed by atoms with van der Waals surface area (Å²) in [6.07, 6.45) is 10.8. The molecule has 0 unspecified atom stereocenters. The summed E-state index contributed by atoms with van der Waals surface area (Å²) >= 11 is 5.91. The van der Waals surface area contributed by atoms with Crippen molar-refractivity contribution in [2.45, 2.75) is 57.0 Å². The van der Waals surface area contributed by atoms with E-state index in [1.54, 1.807) is 5.57 Å². The quantitative estimate of drug-likeness (QED) is 0.436. The fourth-order valence-electron chi connectivity index (χ4n) is 6.34. The molecular weight excluding hydrogens is 406 g/mol. The molecule has 5 nitrogen and oxygen atoms in total. The fraction of sp³-hybridized carbons (Fsp3) is 0.600. The van der Waals surface area contributed by atoms with Crippen LogP contribution in [0.1, 0.15) is 44.1 Å². The largest absolute Gasteiger partial charge is 0.469 e. The maximum atomic E-state index is 11.5. The zero-order chi connectivity index (χ0) is 21.4. The van der Waals surface area contributed by atoms with Gasteiger partial charge in [-0.1, -0.05) is 30.2 Å². The number of likely N-dealkylation sites (tertiary alicyclic amines) is 1. The lowest BCUT2D eigenvalue weighted by atomic mass is 9.68. The van der Waals surface area contributed by atoms with Gasteiger partial charge in [0.1, 0.15) is 0 Å². The fourth-order valence-corrected chi connectivity index (χ4v) is 6.66. The number of ether oxygens (including phenoxy) is 1. The minimum atomic E-state index is -0.220. The molecule has 3 heterocycles. The summed E-state index contributed by atoms with van der Waals surface area (Å²) in [6.45, 7) is 3.53. The van der Waals surface area contributed by atoms with Crippen LogP contribution in [-0.4, -0.2) is 59.7 Å². The number of rotatable bonds is 3. The average molecular weight is 440 g/mol. The monoisotopic (exact) mass is 439 g/mol. The molecule has 6 heteroatoms. The minimum absolute atomic E-state index is 0.220. The zero-order valence-electron chi connectivity index (χ0n) is 18.4. The van der Waals surface area contributed by atoms with E-state index >= 15 is 0 Å². The minimum Gasteiger partial charge on any atom is -0.469 e. The molecule has 4 aliphatic rings. The lowest BCUT2D eigenvalue weighted by Crippen LogP contribution is -2.60. The predicted octanol–water partition coefficient (Wildman–Crippen LogP) is 3.99. The number of nitrogens with one attached hydrogen (secondary N) is 1. The molecule has 3 saturated heterocycles. The first-order valence-corrected chi connectivity index (χ1v) is 12.2. The van der Waals surface area contributed by atoms with Crippen molar-refractivity contribution < 1.29 is 9.53 Å². The highest BCUT2D eigenvalue weighted by molar-refractivity contribution is 7.80. The number of methoxy groups -OCH3 is 1. The standard InChI is InChI=1S/C25H33N3O2S/c1-30-23(29)13-17-7-9-21(10-8-17)26-25(31)28-12-4-5-18-14-19-15-20(24(18)28)16-27-11-3-2-6-22(19)27/h7-10,14,19-20,22,24H,2-6,11-13,15-16H2,1H3,(H,26,31)/t19-,20+,22-,24-/m1/s1. The number of fused-ring (bicyclic) bond motifs is 6. The lowest BCUT2D eigenvalue weighted by Gasteiger charge is -2.55. The number of esters is 1. The van der Waals surface area contributed by atoms with Crippen LogP contribution < -0.4 is 5.32 Å². The highest BCUT2D eigenvalue weighted by atomic mass is 32.1. The molecular formula is C25H33N3O2S. The van der Waals surface area contributed by atoms with Gasteiger partial charge in [-0.15, -0.1) is 0 Å². The summed E-state index contributed by atoms with van der Waals surface area (Å²) < 4.78 is 4.75. The molecule has 1 aromatic rings. The first-order chi connectivity index (χ1) is 15.1. The summed E-state index contributed by atoms with van der Waals surface area (Å²) in [7, 11) is 1.42. The van der Waals surface area contributed by atoms with Crippen LogP contribution in [0.5, 0.6) is 0 Å². The first-order valence-electron chi connectivity index (χ1n) is 11.8. The van der Waals surface area contributed by atoms with Gasteiger partial charge in [-0.05, 0) is 80.4 Å². The number of benzene rings is 1. The number of thiocarbonyl (C=S) groups is 1. The van der Waals surface area contributed by atoms with Crippen LogP contribution in [-0.2, 0) is 16.0 Å². The van der Waals surface area contributed by atoms with Crippen LogP contribution in [0.15, 0.2) is 35.9 Å². The Morgan fingerprint density at radius 2 is 2.03 bits per heavy atom. The number of carbonyl (C=O) groups is 1. The molecule has 31 heavy (non-hydrogen) atoms. The Balaban J connectivity index is 1.29. The zero-order valence-corrected chi connectivity index (χ0v) is 19.2. The van der Waals surface area contributed by atoms with Crippen LogP contribution in [0, 0.1) is 11.8 Å². The Bertz CT molecular complexity index is 868. The molecule has 2 bridgehead atoms.